The van der Waals surface area contributed by atoms with Gasteiger partial charge in [-0.3, -0.25) is 0 Å². The standard InChI is InChI=1S/C19H24N2O2/c1-21(2)19(22)20-17-11-7-8-15(14-17)12-13-18(23-3)16-9-5-4-6-10-16/h4-11,14,18H,12-13H2,1-3H3,(H,20,22). The van der Waals surface area contributed by atoms with E-state index in [4.69, 9.17) is 4.74 Å². The van der Waals surface area contributed by atoms with Crippen LogP contribution in [0.3, 0.4) is 0 Å². The maximum Gasteiger partial charge on any atom is 0.321 e. The molecule has 0 aliphatic rings. The number of nitrogens with zero attached hydrogens (tertiary/aromatic N) is 1. The van der Waals surface area contributed by atoms with Gasteiger partial charge in [-0.15, -0.1) is 0 Å². The van der Waals surface area contributed by atoms with Crippen molar-refractivity contribution in [3.8, 4) is 0 Å². The summed E-state index contributed by atoms with van der Waals surface area (Å²) in [6, 6.07) is 18.1. The van der Waals surface area contributed by atoms with Crippen LogP contribution >= 0.6 is 0 Å². The molecule has 0 saturated carbocycles. The third kappa shape index (κ3) is 5.11. The zero-order chi connectivity index (χ0) is 16.7. The number of ether oxygens (including phenoxy) is 1. The number of amides is 2. The Balaban J connectivity index is 1.99. The fourth-order valence-corrected chi connectivity index (χ4v) is 2.43. The summed E-state index contributed by atoms with van der Waals surface area (Å²) in [7, 11) is 5.19. The Morgan fingerprint density at radius 1 is 1.13 bits per heavy atom. The molecule has 1 unspecified atom stereocenters. The Morgan fingerprint density at radius 3 is 2.52 bits per heavy atom. The summed E-state index contributed by atoms with van der Waals surface area (Å²) >= 11 is 0. The van der Waals surface area contributed by atoms with Crippen LogP contribution in [0.5, 0.6) is 0 Å². The van der Waals surface area contributed by atoms with Gasteiger partial charge in [0.1, 0.15) is 0 Å². The van der Waals surface area contributed by atoms with E-state index in [0.29, 0.717) is 0 Å². The zero-order valence-corrected chi connectivity index (χ0v) is 14.0. The normalized spacial score (nSPS) is 11.8. The third-order valence-corrected chi connectivity index (χ3v) is 3.74. The lowest BCUT2D eigenvalue weighted by Gasteiger charge is -2.16. The molecule has 0 fully saturated rings. The van der Waals surface area contributed by atoms with Crippen LogP contribution in [0.15, 0.2) is 54.6 Å². The van der Waals surface area contributed by atoms with Gasteiger partial charge in [0.2, 0.25) is 0 Å². The highest BCUT2D eigenvalue weighted by molar-refractivity contribution is 5.88. The Hall–Kier alpha value is -2.33. The Bertz CT molecular complexity index is 626. The van der Waals surface area contributed by atoms with Gasteiger partial charge in [0.25, 0.3) is 0 Å². The van der Waals surface area contributed by atoms with E-state index in [1.54, 1.807) is 21.2 Å². The minimum atomic E-state index is -0.124. The Kier molecular flexibility index (Phi) is 6.18. The number of nitrogens with one attached hydrogen (secondary N) is 1. The summed E-state index contributed by atoms with van der Waals surface area (Å²) < 4.78 is 5.61. The highest BCUT2D eigenvalue weighted by atomic mass is 16.5. The monoisotopic (exact) mass is 312 g/mol. The first kappa shape index (κ1) is 17.0. The van der Waals surface area contributed by atoms with Gasteiger partial charge in [0.05, 0.1) is 6.10 Å². The number of carbonyl (C=O) groups is 1. The van der Waals surface area contributed by atoms with Crippen molar-refractivity contribution < 1.29 is 9.53 Å². The molecular formula is C19H24N2O2. The van der Waals surface area contributed by atoms with Crippen LogP contribution in [0.2, 0.25) is 0 Å². The third-order valence-electron chi connectivity index (χ3n) is 3.74. The second kappa shape index (κ2) is 8.34. The van der Waals surface area contributed by atoms with Gasteiger partial charge in [-0.1, -0.05) is 42.5 Å². The van der Waals surface area contributed by atoms with Crippen LogP contribution < -0.4 is 5.32 Å². The number of urea groups is 1. The van der Waals surface area contributed by atoms with Gasteiger partial charge in [-0.2, -0.15) is 0 Å². The number of hydrogen-bond donors (Lipinski definition) is 1. The van der Waals surface area contributed by atoms with Crippen LogP contribution in [-0.2, 0) is 11.2 Å². The predicted octanol–water partition coefficient (Wildman–Crippen LogP) is 4.10. The van der Waals surface area contributed by atoms with Crippen molar-refractivity contribution in [2.24, 2.45) is 0 Å². The molecule has 1 atom stereocenters. The van der Waals surface area contributed by atoms with Crippen molar-refractivity contribution in [3.05, 3.63) is 65.7 Å². The molecule has 0 aromatic heterocycles. The van der Waals surface area contributed by atoms with E-state index in [2.05, 4.69) is 23.5 Å². The lowest BCUT2D eigenvalue weighted by Crippen LogP contribution is -2.27. The van der Waals surface area contributed by atoms with Gasteiger partial charge in [-0.25, -0.2) is 4.79 Å². The minimum Gasteiger partial charge on any atom is -0.377 e. The summed E-state index contributed by atoms with van der Waals surface area (Å²) in [5, 5.41) is 2.87. The lowest BCUT2D eigenvalue weighted by atomic mass is 10.0. The first-order valence-electron chi connectivity index (χ1n) is 7.75. The minimum absolute atomic E-state index is 0.0798. The van der Waals surface area contributed by atoms with Crippen LogP contribution in [-0.4, -0.2) is 32.1 Å². The van der Waals surface area contributed by atoms with E-state index in [9.17, 15) is 4.79 Å². The van der Waals surface area contributed by atoms with E-state index in [1.165, 1.54) is 16.0 Å². The van der Waals surface area contributed by atoms with E-state index < -0.39 is 0 Å². The van der Waals surface area contributed by atoms with E-state index in [0.717, 1.165) is 18.5 Å². The van der Waals surface area contributed by atoms with E-state index in [1.807, 2.05) is 36.4 Å². The maximum absolute atomic E-state index is 11.7. The van der Waals surface area contributed by atoms with Crippen molar-refractivity contribution in [3.63, 3.8) is 0 Å². The largest absolute Gasteiger partial charge is 0.377 e. The van der Waals surface area contributed by atoms with Crippen LogP contribution in [0.1, 0.15) is 23.7 Å². The average Bonchev–Trinajstić information content (AvgIpc) is 2.56. The van der Waals surface area contributed by atoms with Crippen LogP contribution in [0.25, 0.3) is 0 Å². The second-order valence-electron chi connectivity index (χ2n) is 5.70. The molecule has 23 heavy (non-hydrogen) atoms. The highest BCUT2D eigenvalue weighted by Gasteiger charge is 2.10. The SMILES string of the molecule is COC(CCc1cccc(NC(=O)N(C)C)c1)c1ccccc1. The molecule has 4 heteroatoms. The summed E-state index contributed by atoms with van der Waals surface area (Å²) in [6.45, 7) is 0. The molecule has 2 aromatic carbocycles. The number of aryl methyl sites for hydroxylation is 1. The van der Waals surface area contributed by atoms with Crippen molar-refractivity contribution in [2.75, 3.05) is 26.5 Å². The number of methoxy groups -OCH3 is 1. The van der Waals surface area contributed by atoms with Gasteiger partial charge in [0, 0.05) is 26.9 Å². The summed E-state index contributed by atoms with van der Waals surface area (Å²) in [6.07, 6.45) is 1.86. The fourth-order valence-electron chi connectivity index (χ4n) is 2.43. The molecule has 2 rings (SSSR count). The molecule has 122 valence electrons. The van der Waals surface area contributed by atoms with Gasteiger partial charge in [0.15, 0.2) is 0 Å². The zero-order valence-electron chi connectivity index (χ0n) is 14.0. The van der Waals surface area contributed by atoms with Gasteiger partial charge in [-0.05, 0) is 36.1 Å². The van der Waals surface area contributed by atoms with Crippen LogP contribution in [0, 0.1) is 0 Å². The molecule has 0 aliphatic heterocycles. The summed E-state index contributed by atoms with van der Waals surface area (Å²) in [5.74, 6) is 0. The Labute approximate surface area is 138 Å². The van der Waals surface area contributed by atoms with E-state index >= 15 is 0 Å². The second-order valence-corrected chi connectivity index (χ2v) is 5.70. The first-order valence-corrected chi connectivity index (χ1v) is 7.75. The van der Waals surface area contributed by atoms with Gasteiger partial charge >= 0.3 is 6.03 Å². The number of benzene rings is 2. The maximum atomic E-state index is 11.7. The molecule has 0 aliphatic carbocycles. The molecule has 4 nitrogen and oxygen atoms in total. The van der Waals surface area contributed by atoms with Crippen LogP contribution in [0.4, 0.5) is 10.5 Å². The molecule has 2 aromatic rings. The van der Waals surface area contributed by atoms with E-state index in [-0.39, 0.29) is 12.1 Å². The first-order chi connectivity index (χ1) is 11.1. The smallest absolute Gasteiger partial charge is 0.321 e. The molecular weight excluding hydrogens is 288 g/mol. The molecule has 2 amide bonds. The van der Waals surface area contributed by atoms with Crippen molar-refractivity contribution >= 4 is 11.7 Å². The molecule has 0 radical (unpaired) electrons. The highest BCUT2D eigenvalue weighted by Crippen LogP contribution is 2.23. The molecule has 1 N–H and O–H groups in total. The topological polar surface area (TPSA) is 41.6 Å². The quantitative estimate of drug-likeness (QED) is 0.872. The predicted molar refractivity (Wildman–Crippen MR) is 93.7 cm³/mol. The molecule has 0 spiro atoms. The van der Waals surface area contributed by atoms with Crippen molar-refractivity contribution in [1.29, 1.82) is 0 Å². The summed E-state index contributed by atoms with van der Waals surface area (Å²) in [4.78, 5) is 13.2. The number of carbonyl (C=O) groups excluding carboxylic acids is 1. The number of anilines is 1. The number of rotatable bonds is 6. The summed E-state index contributed by atoms with van der Waals surface area (Å²) in [5.41, 5.74) is 3.18. The molecule has 0 saturated heterocycles. The average molecular weight is 312 g/mol. The molecule has 0 bridgehead atoms. The molecule has 0 heterocycles. The lowest BCUT2D eigenvalue weighted by molar-refractivity contribution is 0.0959. The van der Waals surface area contributed by atoms with Crippen molar-refractivity contribution in [1.82, 2.24) is 4.90 Å². The number of hydrogen-bond acceptors (Lipinski definition) is 2. The Morgan fingerprint density at radius 2 is 1.87 bits per heavy atom. The fraction of sp³-hybridized carbons (Fsp3) is 0.316. The van der Waals surface area contributed by atoms with Gasteiger partial charge < -0.3 is 15.0 Å². The van der Waals surface area contributed by atoms with Crippen molar-refractivity contribution in [2.45, 2.75) is 18.9 Å².